The summed E-state index contributed by atoms with van der Waals surface area (Å²) < 4.78 is 5.40. The normalized spacial score (nSPS) is 27.5. The molecule has 3 aliphatic rings. The number of hydrogen-bond acceptors (Lipinski definition) is 3. The second-order valence-electron chi connectivity index (χ2n) is 8.14. The lowest BCUT2D eigenvalue weighted by Crippen LogP contribution is -2.42. The van der Waals surface area contributed by atoms with Crippen LogP contribution in [0.4, 0.5) is 0 Å². The molecule has 3 rings (SSSR count). The summed E-state index contributed by atoms with van der Waals surface area (Å²) in [4.78, 5) is 25.9. The lowest BCUT2D eigenvalue weighted by atomic mass is 9.68. The molecule has 2 unspecified atom stereocenters. The van der Waals surface area contributed by atoms with Crippen molar-refractivity contribution < 1.29 is 14.3 Å². The second kappa shape index (κ2) is 7.34. The number of hydrogen-bond donors (Lipinski definition) is 0. The number of halogens is 1. The number of piperidine rings is 1. The Balaban J connectivity index is 2.01. The summed E-state index contributed by atoms with van der Waals surface area (Å²) in [7, 11) is 0. The number of amides is 1. The van der Waals surface area contributed by atoms with Crippen molar-refractivity contribution >= 4 is 28.3 Å². The van der Waals surface area contributed by atoms with Crippen LogP contribution >= 0.6 is 15.9 Å². The molecule has 1 heterocycles. The Morgan fingerprint density at radius 1 is 1.38 bits per heavy atom. The van der Waals surface area contributed by atoms with Gasteiger partial charge in [-0.1, -0.05) is 40.2 Å². The largest absolute Gasteiger partial charge is 0.466 e. The molecule has 0 radical (unpaired) electrons. The molecule has 4 nitrogen and oxygen atoms in total. The predicted molar refractivity (Wildman–Crippen MR) is 106 cm³/mol. The Morgan fingerprint density at radius 3 is 2.69 bits per heavy atom. The van der Waals surface area contributed by atoms with Crippen LogP contribution in [0.5, 0.6) is 0 Å². The molecule has 2 aliphatic carbocycles. The molecule has 0 aromatic rings. The van der Waals surface area contributed by atoms with E-state index in [1.165, 1.54) is 11.1 Å². The number of rotatable bonds is 4. The van der Waals surface area contributed by atoms with Crippen LogP contribution in [-0.2, 0) is 14.3 Å². The molecule has 1 aliphatic heterocycles. The van der Waals surface area contributed by atoms with Crippen molar-refractivity contribution in [3.05, 3.63) is 35.5 Å². The van der Waals surface area contributed by atoms with Gasteiger partial charge >= 0.3 is 5.97 Å². The maximum atomic E-state index is 12.7. The van der Waals surface area contributed by atoms with E-state index in [9.17, 15) is 9.59 Å². The van der Waals surface area contributed by atoms with Gasteiger partial charge in [-0.2, -0.15) is 0 Å². The first kappa shape index (κ1) is 19.4. The van der Waals surface area contributed by atoms with E-state index >= 15 is 0 Å². The Hall–Kier alpha value is -1.36. The van der Waals surface area contributed by atoms with Crippen molar-refractivity contribution in [1.29, 1.82) is 0 Å². The SMILES string of the molecule is CCOC(=O)C(C)(C)C1CC2(CCN(C=O)CC2)C2=C1C=CC=CC2Br. The maximum Gasteiger partial charge on any atom is 0.312 e. The van der Waals surface area contributed by atoms with Gasteiger partial charge in [0.2, 0.25) is 6.41 Å². The quantitative estimate of drug-likeness (QED) is 0.391. The number of nitrogens with zero attached hydrogens (tertiary/aromatic N) is 1. The summed E-state index contributed by atoms with van der Waals surface area (Å²) in [5, 5.41) is 0. The van der Waals surface area contributed by atoms with E-state index in [2.05, 4.69) is 40.2 Å². The summed E-state index contributed by atoms with van der Waals surface area (Å²) in [5.41, 5.74) is 2.13. The molecule has 0 N–H and O–H groups in total. The van der Waals surface area contributed by atoms with Crippen molar-refractivity contribution in [1.82, 2.24) is 4.90 Å². The molecule has 0 saturated carbocycles. The molecular weight excluding hydrogens is 394 g/mol. The van der Waals surface area contributed by atoms with Gasteiger partial charge in [0.15, 0.2) is 0 Å². The van der Waals surface area contributed by atoms with Gasteiger partial charge in [-0.05, 0) is 56.6 Å². The number of ether oxygens (including phenoxy) is 1. The van der Waals surface area contributed by atoms with Crippen LogP contribution < -0.4 is 0 Å². The van der Waals surface area contributed by atoms with E-state index in [0.717, 1.165) is 38.8 Å². The molecule has 1 saturated heterocycles. The Morgan fingerprint density at radius 2 is 2.08 bits per heavy atom. The standard InChI is InChI=1S/C21H28BrNO3/c1-4-26-19(25)20(2,3)16-13-21(9-11-23(14-24)12-10-21)18-15(16)7-5-6-8-17(18)22/h5-8,14,16-17H,4,9-13H2,1-3H3. The number of likely N-dealkylation sites (tertiary alicyclic amines) is 1. The lowest BCUT2D eigenvalue weighted by molar-refractivity contribution is -0.156. The van der Waals surface area contributed by atoms with Gasteiger partial charge in [0.25, 0.3) is 0 Å². The minimum Gasteiger partial charge on any atom is -0.466 e. The first-order chi connectivity index (χ1) is 12.4. The van der Waals surface area contributed by atoms with Crippen molar-refractivity contribution in [2.45, 2.75) is 44.9 Å². The van der Waals surface area contributed by atoms with Crippen LogP contribution in [0, 0.1) is 16.7 Å². The Kier molecular flexibility index (Phi) is 5.48. The number of fused-ring (bicyclic) bond motifs is 1. The van der Waals surface area contributed by atoms with E-state index in [4.69, 9.17) is 4.74 Å². The van der Waals surface area contributed by atoms with Gasteiger partial charge in [0, 0.05) is 19.0 Å². The number of alkyl halides is 1. The summed E-state index contributed by atoms with van der Waals surface area (Å²) >= 11 is 3.87. The highest BCUT2D eigenvalue weighted by Crippen LogP contribution is 2.59. The fourth-order valence-corrected chi connectivity index (χ4v) is 5.74. The minimum atomic E-state index is -0.580. The van der Waals surface area contributed by atoms with Gasteiger partial charge in [-0.3, -0.25) is 9.59 Å². The van der Waals surface area contributed by atoms with Gasteiger partial charge in [0.1, 0.15) is 0 Å². The zero-order chi connectivity index (χ0) is 18.9. The van der Waals surface area contributed by atoms with Gasteiger partial charge in [0.05, 0.1) is 16.8 Å². The minimum absolute atomic E-state index is 0.0382. The van der Waals surface area contributed by atoms with Crippen molar-refractivity contribution in [3.63, 3.8) is 0 Å². The fraction of sp³-hybridized carbons (Fsp3) is 0.619. The Labute approximate surface area is 164 Å². The van der Waals surface area contributed by atoms with E-state index in [-0.39, 0.29) is 22.1 Å². The highest BCUT2D eigenvalue weighted by Gasteiger charge is 2.54. The van der Waals surface area contributed by atoms with Crippen LogP contribution in [0.25, 0.3) is 0 Å². The molecular formula is C21H28BrNO3. The third kappa shape index (κ3) is 3.19. The summed E-state index contributed by atoms with van der Waals surface area (Å²) in [6.45, 7) is 7.83. The van der Waals surface area contributed by atoms with Crippen molar-refractivity contribution in [2.75, 3.05) is 19.7 Å². The average molecular weight is 422 g/mol. The van der Waals surface area contributed by atoms with Crippen molar-refractivity contribution in [2.24, 2.45) is 16.7 Å². The molecule has 0 aromatic carbocycles. The second-order valence-corrected chi connectivity index (χ2v) is 9.12. The molecule has 0 aromatic heterocycles. The van der Waals surface area contributed by atoms with Crippen molar-refractivity contribution in [3.8, 4) is 0 Å². The third-order valence-corrected chi connectivity index (χ3v) is 7.14. The zero-order valence-corrected chi connectivity index (χ0v) is 17.4. The Bertz CT molecular complexity index is 669. The van der Waals surface area contributed by atoms with Gasteiger partial charge in [-0.15, -0.1) is 0 Å². The molecule has 1 spiro atoms. The molecule has 0 bridgehead atoms. The zero-order valence-electron chi connectivity index (χ0n) is 15.8. The molecule has 1 fully saturated rings. The van der Waals surface area contributed by atoms with Gasteiger partial charge in [-0.25, -0.2) is 0 Å². The maximum absolute atomic E-state index is 12.7. The molecule has 1 amide bonds. The van der Waals surface area contributed by atoms with E-state index < -0.39 is 5.41 Å². The monoisotopic (exact) mass is 421 g/mol. The number of carbonyl (C=O) groups is 2. The van der Waals surface area contributed by atoms with Crippen LogP contribution in [0.15, 0.2) is 35.5 Å². The first-order valence-electron chi connectivity index (χ1n) is 9.46. The highest BCUT2D eigenvalue weighted by molar-refractivity contribution is 9.09. The smallest absolute Gasteiger partial charge is 0.312 e. The average Bonchev–Trinajstić information content (AvgIpc) is 2.80. The topological polar surface area (TPSA) is 46.6 Å². The van der Waals surface area contributed by atoms with E-state index in [0.29, 0.717) is 6.61 Å². The fourth-order valence-electron chi connectivity index (χ4n) is 4.81. The summed E-state index contributed by atoms with van der Waals surface area (Å²) in [6, 6.07) is 0. The van der Waals surface area contributed by atoms with Crippen LogP contribution in [0.3, 0.4) is 0 Å². The molecule has 5 heteroatoms. The third-order valence-electron chi connectivity index (χ3n) is 6.37. The first-order valence-corrected chi connectivity index (χ1v) is 10.4. The summed E-state index contributed by atoms with van der Waals surface area (Å²) in [6.07, 6.45) is 12.3. The molecule has 2 atom stereocenters. The van der Waals surface area contributed by atoms with Crippen LogP contribution in [0.2, 0.25) is 0 Å². The van der Waals surface area contributed by atoms with E-state index in [1.54, 1.807) is 0 Å². The predicted octanol–water partition coefficient (Wildman–Crippen LogP) is 4.02. The number of carbonyl (C=O) groups excluding carboxylic acids is 2. The molecule has 26 heavy (non-hydrogen) atoms. The molecule has 142 valence electrons. The van der Waals surface area contributed by atoms with Crippen LogP contribution in [-0.4, -0.2) is 41.8 Å². The van der Waals surface area contributed by atoms with E-state index in [1.807, 2.05) is 25.7 Å². The van der Waals surface area contributed by atoms with Gasteiger partial charge < -0.3 is 9.64 Å². The number of allylic oxidation sites excluding steroid dienone is 6. The number of esters is 1. The van der Waals surface area contributed by atoms with Crippen LogP contribution in [0.1, 0.15) is 40.0 Å². The lowest BCUT2D eigenvalue weighted by Gasteiger charge is -2.42. The summed E-state index contributed by atoms with van der Waals surface area (Å²) in [5.74, 6) is -0.00788. The highest BCUT2D eigenvalue weighted by atomic mass is 79.9.